The maximum Gasteiger partial charge on any atom is 0.251 e. The summed E-state index contributed by atoms with van der Waals surface area (Å²) in [5.74, 6) is 1.23. The van der Waals surface area contributed by atoms with Crippen LogP contribution in [0.1, 0.15) is 32.7 Å². The third kappa shape index (κ3) is 4.15. The van der Waals surface area contributed by atoms with Crippen molar-refractivity contribution in [3.63, 3.8) is 0 Å². The van der Waals surface area contributed by atoms with E-state index in [1.807, 2.05) is 75.4 Å². The van der Waals surface area contributed by atoms with Crippen LogP contribution in [0.5, 0.6) is 11.5 Å². The molecular formula is C25H23N3O2. The second-order valence-corrected chi connectivity index (χ2v) is 7.35. The Morgan fingerprint density at radius 1 is 0.933 bits per heavy atom. The Labute approximate surface area is 175 Å². The lowest BCUT2D eigenvalue weighted by Gasteiger charge is -2.14. The summed E-state index contributed by atoms with van der Waals surface area (Å²) in [7, 11) is 0. The van der Waals surface area contributed by atoms with Crippen LogP contribution in [-0.4, -0.2) is 15.9 Å². The van der Waals surface area contributed by atoms with Crippen molar-refractivity contribution in [3.8, 4) is 11.5 Å². The van der Waals surface area contributed by atoms with Crippen molar-refractivity contribution in [1.29, 1.82) is 0 Å². The Morgan fingerprint density at radius 3 is 2.60 bits per heavy atom. The summed E-state index contributed by atoms with van der Waals surface area (Å²) in [5.41, 5.74) is 5.34. The number of carbonyl (C=O) groups excluding carboxylic acids is 1. The van der Waals surface area contributed by atoms with E-state index >= 15 is 0 Å². The SMILES string of the molecule is Cc1ccc2c(Oc3cccc(C(=O)NCc4ccnc(C)c4)c3C)ccnc2c1. The molecule has 0 bridgehead atoms. The molecule has 4 rings (SSSR count). The van der Waals surface area contributed by atoms with Crippen LogP contribution in [0.2, 0.25) is 0 Å². The molecule has 1 amide bonds. The molecule has 0 saturated carbocycles. The minimum absolute atomic E-state index is 0.136. The summed E-state index contributed by atoms with van der Waals surface area (Å²) in [6.45, 7) is 6.31. The molecule has 150 valence electrons. The number of aryl methyl sites for hydroxylation is 2. The number of aromatic nitrogens is 2. The highest BCUT2D eigenvalue weighted by Crippen LogP contribution is 2.32. The zero-order chi connectivity index (χ0) is 21.1. The molecule has 0 aliphatic carbocycles. The Bertz CT molecular complexity index is 1230. The summed E-state index contributed by atoms with van der Waals surface area (Å²) < 4.78 is 6.20. The molecule has 2 aromatic heterocycles. The Balaban J connectivity index is 1.57. The fourth-order valence-corrected chi connectivity index (χ4v) is 3.40. The van der Waals surface area contributed by atoms with Crippen LogP contribution < -0.4 is 10.1 Å². The van der Waals surface area contributed by atoms with Crippen LogP contribution in [0, 0.1) is 20.8 Å². The van der Waals surface area contributed by atoms with Gasteiger partial charge in [-0.15, -0.1) is 0 Å². The molecule has 0 atom stereocenters. The van der Waals surface area contributed by atoms with Gasteiger partial charge in [0.25, 0.3) is 5.91 Å². The number of carbonyl (C=O) groups is 1. The number of fused-ring (bicyclic) bond motifs is 1. The van der Waals surface area contributed by atoms with Gasteiger partial charge in [0, 0.05) is 41.1 Å². The fourth-order valence-electron chi connectivity index (χ4n) is 3.40. The predicted octanol–water partition coefficient (Wildman–Crippen LogP) is 5.28. The van der Waals surface area contributed by atoms with Gasteiger partial charge in [0.2, 0.25) is 0 Å². The quantitative estimate of drug-likeness (QED) is 0.498. The number of ether oxygens (including phenoxy) is 1. The first-order chi connectivity index (χ1) is 14.5. The van der Waals surface area contributed by atoms with E-state index in [0.717, 1.165) is 33.3 Å². The average molecular weight is 397 g/mol. The Morgan fingerprint density at radius 2 is 1.77 bits per heavy atom. The van der Waals surface area contributed by atoms with Gasteiger partial charge in [-0.3, -0.25) is 14.8 Å². The number of pyridine rings is 2. The molecule has 0 spiro atoms. The maximum absolute atomic E-state index is 12.8. The van der Waals surface area contributed by atoms with Gasteiger partial charge in [0.15, 0.2) is 0 Å². The van der Waals surface area contributed by atoms with Crippen molar-refractivity contribution in [1.82, 2.24) is 15.3 Å². The second-order valence-electron chi connectivity index (χ2n) is 7.35. The van der Waals surface area contributed by atoms with Crippen LogP contribution in [0.25, 0.3) is 10.9 Å². The van der Waals surface area contributed by atoms with Gasteiger partial charge in [-0.25, -0.2) is 0 Å². The topological polar surface area (TPSA) is 64.1 Å². The first kappa shape index (κ1) is 19.6. The first-order valence-corrected chi connectivity index (χ1v) is 9.84. The highest BCUT2D eigenvalue weighted by atomic mass is 16.5. The molecule has 2 aromatic carbocycles. The van der Waals surface area contributed by atoms with Crippen molar-refractivity contribution in [3.05, 3.63) is 94.9 Å². The van der Waals surface area contributed by atoms with Gasteiger partial charge in [0.05, 0.1) is 5.52 Å². The van der Waals surface area contributed by atoms with Gasteiger partial charge in [-0.1, -0.05) is 12.1 Å². The van der Waals surface area contributed by atoms with Crippen LogP contribution in [-0.2, 0) is 6.54 Å². The molecule has 0 aliphatic heterocycles. The minimum atomic E-state index is -0.136. The van der Waals surface area contributed by atoms with Crippen LogP contribution in [0.4, 0.5) is 0 Å². The molecule has 2 heterocycles. The number of nitrogens with one attached hydrogen (secondary N) is 1. The lowest BCUT2D eigenvalue weighted by Crippen LogP contribution is -2.23. The van der Waals surface area contributed by atoms with E-state index in [0.29, 0.717) is 23.6 Å². The van der Waals surface area contributed by atoms with Crippen molar-refractivity contribution in [2.45, 2.75) is 27.3 Å². The first-order valence-electron chi connectivity index (χ1n) is 9.84. The summed E-state index contributed by atoms with van der Waals surface area (Å²) in [6, 6.07) is 17.3. The molecule has 0 aliphatic rings. The molecule has 0 unspecified atom stereocenters. The van der Waals surface area contributed by atoms with Crippen LogP contribution in [0.15, 0.2) is 67.0 Å². The third-order valence-corrected chi connectivity index (χ3v) is 5.02. The molecule has 1 N–H and O–H groups in total. The Kier molecular flexibility index (Phi) is 5.44. The number of amides is 1. The van der Waals surface area contributed by atoms with Crippen LogP contribution in [0.3, 0.4) is 0 Å². The Hall–Kier alpha value is -3.73. The zero-order valence-corrected chi connectivity index (χ0v) is 17.3. The van der Waals surface area contributed by atoms with Crippen molar-refractivity contribution in [2.24, 2.45) is 0 Å². The molecule has 4 aromatic rings. The van der Waals surface area contributed by atoms with E-state index in [9.17, 15) is 4.79 Å². The monoisotopic (exact) mass is 397 g/mol. The fraction of sp³-hybridized carbons (Fsp3) is 0.160. The number of hydrogen-bond donors (Lipinski definition) is 1. The van der Waals surface area contributed by atoms with E-state index in [1.165, 1.54) is 0 Å². The molecule has 5 nitrogen and oxygen atoms in total. The normalized spacial score (nSPS) is 10.8. The van der Waals surface area contributed by atoms with Gasteiger partial charge in [-0.2, -0.15) is 0 Å². The average Bonchev–Trinajstić information content (AvgIpc) is 2.73. The molecule has 0 saturated heterocycles. The molecule has 30 heavy (non-hydrogen) atoms. The minimum Gasteiger partial charge on any atom is -0.456 e. The summed E-state index contributed by atoms with van der Waals surface area (Å²) in [5, 5.41) is 3.91. The lowest BCUT2D eigenvalue weighted by atomic mass is 10.1. The summed E-state index contributed by atoms with van der Waals surface area (Å²) >= 11 is 0. The van der Waals surface area contributed by atoms with E-state index in [1.54, 1.807) is 12.4 Å². The van der Waals surface area contributed by atoms with Crippen LogP contribution >= 0.6 is 0 Å². The van der Waals surface area contributed by atoms with E-state index in [-0.39, 0.29) is 5.91 Å². The summed E-state index contributed by atoms with van der Waals surface area (Å²) in [6.07, 6.45) is 3.48. The van der Waals surface area contributed by atoms with E-state index in [4.69, 9.17) is 4.74 Å². The predicted molar refractivity (Wildman–Crippen MR) is 118 cm³/mol. The number of hydrogen-bond acceptors (Lipinski definition) is 4. The molecule has 0 radical (unpaired) electrons. The standard InChI is InChI=1S/C25H23N3O2/c1-16-7-8-21-22(13-16)27-12-10-24(21)30-23-6-4-5-20(18(23)3)25(29)28-15-19-9-11-26-17(2)14-19/h4-14H,15H2,1-3H3,(H,28,29). The van der Waals surface area contributed by atoms with Crippen molar-refractivity contribution in [2.75, 3.05) is 0 Å². The molecule has 0 fully saturated rings. The van der Waals surface area contributed by atoms with E-state index in [2.05, 4.69) is 15.3 Å². The molecule has 5 heteroatoms. The zero-order valence-electron chi connectivity index (χ0n) is 17.3. The van der Waals surface area contributed by atoms with E-state index < -0.39 is 0 Å². The summed E-state index contributed by atoms with van der Waals surface area (Å²) in [4.78, 5) is 21.4. The highest BCUT2D eigenvalue weighted by molar-refractivity contribution is 5.96. The van der Waals surface area contributed by atoms with Crippen molar-refractivity contribution < 1.29 is 9.53 Å². The smallest absolute Gasteiger partial charge is 0.251 e. The highest BCUT2D eigenvalue weighted by Gasteiger charge is 2.14. The van der Waals surface area contributed by atoms with Gasteiger partial charge >= 0.3 is 0 Å². The lowest BCUT2D eigenvalue weighted by molar-refractivity contribution is 0.0950. The van der Waals surface area contributed by atoms with Gasteiger partial charge in [0.1, 0.15) is 11.5 Å². The largest absolute Gasteiger partial charge is 0.456 e. The van der Waals surface area contributed by atoms with Crippen molar-refractivity contribution >= 4 is 16.8 Å². The van der Waals surface area contributed by atoms with Gasteiger partial charge in [-0.05, 0) is 74.4 Å². The third-order valence-electron chi connectivity index (χ3n) is 5.02. The van der Waals surface area contributed by atoms with Gasteiger partial charge < -0.3 is 10.1 Å². The maximum atomic E-state index is 12.8. The number of nitrogens with zero attached hydrogens (tertiary/aromatic N) is 2. The number of rotatable bonds is 5. The number of benzene rings is 2. The molecular weight excluding hydrogens is 374 g/mol. The second kappa shape index (κ2) is 8.33.